The molecule has 0 spiro atoms. The number of aromatic hydroxyl groups is 1. The van der Waals surface area contributed by atoms with Gasteiger partial charge in [0.1, 0.15) is 24.6 Å². The molecule has 0 aromatic heterocycles. The van der Waals surface area contributed by atoms with Gasteiger partial charge in [-0.05, 0) is 61.1 Å². The van der Waals surface area contributed by atoms with Gasteiger partial charge < -0.3 is 19.3 Å². The van der Waals surface area contributed by atoms with Crippen molar-refractivity contribution in [1.29, 1.82) is 0 Å². The van der Waals surface area contributed by atoms with Crippen LogP contribution in [-0.4, -0.2) is 49.7 Å². The van der Waals surface area contributed by atoms with Crippen LogP contribution in [0, 0.1) is 0 Å². The highest BCUT2D eigenvalue weighted by molar-refractivity contribution is 9.11. The summed E-state index contributed by atoms with van der Waals surface area (Å²) < 4.78 is 30.5. The molecule has 2 aromatic rings. The Bertz CT molecular complexity index is 1100. The summed E-state index contributed by atoms with van der Waals surface area (Å²) >= 11 is 7.18. The molecule has 37 heavy (non-hydrogen) atoms. The Morgan fingerprint density at radius 2 is 1.51 bits per heavy atom. The molecule has 0 bridgehead atoms. The third kappa shape index (κ3) is 10.1. The fraction of sp³-hybridized carbons (Fsp3) is 0.440. The van der Waals surface area contributed by atoms with Gasteiger partial charge in [0, 0.05) is 8.95 Å². The Morgan fingerprint density at radius 1 is 0.973 bits per heavy atom. The first-order valence-electron chi connectivity index (χ1n) is 11.8. The molecular formula is C25H33Br2N2O7P. The maximum absolute atomic E-state index is 13.4. The van der Waals surface area contributed by atoms with E-state index < -0.39 is 19.4 Å². The van der Waals surface area contributed by atoms with Crippen molar-refractivity contribution in [3.05, 3.63) is 56.0 Å². The number of hydrogen-bond acceptors (Lipinski definition) is 7. The zero-order chi connectivity index (χ0) is 27.6. The van der Waals surface area contributed by atoms with Gasteiger partial charge in [-0.15, -0.1) is 0 Å². The topological polar surface area (TPSA) is 123 Å². The van der Waals surface area contributed by atoms with E-state index >= 15 is 0 Å². The third-order valence-corrected chi connectivity index (χ3v) is 8.44. The molecule has 0 heterocycles. The van der Waals surface area contributed by atoms with Gasteiger partial charge >= 0.3 is 11.9 Å². The van der Waals surface area contributed by atoms with E-state index in [0.29, 0.717) is 12.2 Å². The molecule has 0 saturated heterocycles. The predicted molar refractivity (Wildman–Crippen MR) is 149 cm³/mol. The Hall–Kier alpha value is -1.91. The van der Waals surface area contributed by atoms with Crippen LogP contribution < -0.4 is 14.9 Å². The highest BCUT2D eigenvalue weighted by atomic mass is 79.9. The first-order valence-corrected chi connectivity index (χ1v) is 15.3. The minimum absolute atomic E-state index is 0.188. The van der Waals surface area contributed by atoms with E-state index in [0.717, 1.165) is 25.6 Å². The zero-order valence-corrected chi connectivity index (χ0v) is 25.4. The van der Waals surface area contributed by atoms with Crippen molar-refractivity contribution >= 4 is 51.2 Å². The van der Waals surface area contributed by atoms with Gasteiger partial charge in [-0.2, -0.15) is 0 Å². The molecule has 204 valence electrons. The number of benzene rings is 2. The molecule has 9 nitrogen and oxygen atoms in total. The van der Waals surface area contributed by atoms with Gasteiger partial charge in [-0.1, -0.05) is 57.8 Å². The quantitative estimate of drug-likeness (QED) is 0.178. The number of carbonyl (C=O) groups excluding carboxylic acids is 2. The SMILES string of the molecule is CCOC(=O)CNP(=O)(COc1cc(Br)c(Cc2ccc(O)c(C(C)C)c2)c(Br)c1)NCC(=O)OCC. The molecule has 0 aliphatic carbocycles. The minimum atomic E-state index is -3.53. The lowest BCUT2D eigenvalue weighted by Gasteiger charge is -2.21. The normalized spacial score (nSPS) is 11.4. The molecule has 0 amide bonds. The van der Waals surface area contributed by atoms with Crippen molar-refractivity contribution in [2.75, 3.05) is 32.7 Å². The summed E-state index contributed by atoms with van der Waals surface area (Å²) in [7, 11) is -3.53. The Labute approximate surface area is 234 Å². The summed E-state index contributed by atoms with van der Waals surface area (Å²) in [4.78, 5) is 23.5. The first kappa shape index (κ1) is 31.3. The number of esters is 2. The predicted octanol–water partition coefficient (Wildman–Crippen LogP) is 5.47. The monoisotopic (exact) mass is 662 g/mol. The van der Waals surface area contributed by atoms with Crippen LogP contribution in [0.15, 0.2) is 39.3 Å². The van der Waals surface area contributed by atoms with Crippen LogP contribution in [-0.2, 0) is 30.0 Å². The third-order valence-electron chi connectivity index (χ3n) is 5.19. The molecule has 0 saturated carbocycles. The van der Waals surface area contributed by atoms with Crippen molar-refractivity contribution in [2.45, 2.75) is 40.0 Å². The number of halogens is 2. The minimum Gasteiger partial charge on any atom is -0.508 e. The van der Waals surface area contributed by atoms with E-state index in [4.69, 9.17) is 14.2 Å². The van der Waals surface area contributed by atoms with Crippen LogP contribution in [0.25, 0.3) is 0 Å². The molecule has 3 N–H and O–H groups in total. The highest BCUT2D eigenvalue weighted by Gasteiger charge is 2.26. The second-order valence-electron chi connectivity index (χ2n) is 8.38. The van der Waals surface area contributed by atoms with Gasteiger partial charge in [0.15, 0.2) is 6.35 Å². The van der Waals surface area contributed by atoms with Crippen LogP contribution in [0.4, 0.5) is 0 Å². The van der Waals surface area contributed by atoms with Gasteiger partial charge in [0.2, 0.25) is 7.44 Å². The van der Waals surface area contributed by atoms with E-state index in [1.54, 1.807) is 32.0 Å². The van der Waals surface area contributed by atoms with E-state index in [9.17, 15) is 19.3 Å². The van der Waals surface area contributed by atoms with E-state index in [2.05, 4.69) is 42.0 Å². The second-order valence-corrected chi connectivity index (χ2v) is 12.5. The molecule has 2 aromatic carbocycles. The number of hydrogen-bond donors (Lipinski definition) is 3. The summed E-state index contributed by atoms with van der Waals surface area (Å²) in [5, 5.41) is 15.4. The average molecular weight is 664 g/mol. The largest absolute Gasteiger partial charge is 0.508 e. The molecule has 0 fully saturated rings. The lowest BCUT2D eigenvalue weighted by atomic mass is 9.96. The Balaban J connectivity index is 2.16. The number of phenols is 1. The molecule has 0 atom stereocenters. The highest BCUT2D eigenvalue weighted by Crippen LogP contribution is 2.38. The Kier molecular flexibility index (Phi) is 12.6. The summed E-state index contributed by atoms with van der Waals surface area (Å²) in [6, 6.07) is 9.08. The first-order chi connectivity index (χ1) is 17.5. The van der Waals surface area contributed by atoms with E-state index in [-0.39, 0.29) is 44.3 Å². The zero-order valence-electron chi connectivity index (χ0n) is 21.3. The summed E-state index contributed by atoms with van der Waals surface area (Å²) in [6.07, 6.45) is 0.266. The lowest BCUT2D eigenvalue weighted by Crippen LogP contribution is -2.34. The Morgan fingerprint density at radius 3 is 2.00 bits per heavy atom. The van der Waals surface area contributed by atoms with Crippen LogP contribution in [0.2, 0.25) is 0 Å². The van der Waals surface area contributed by atoms with Crippen LogP contribution in [0.5, 0.6) is 11.5 Å². The summed E-state index contributed by atoms with van der Waals surface area (Å²) in [5.41, 5.74) is 2.88. The number of carbonyl (C=O) groups is 2. The number of ether oxygens (including phenoxy) is 3. The van der Waals surface area contributed by atoms with Crippen LogP contribution >= 0.6 is 39.3 Å². The standard InChI is InChI=1S/C25H33Br2N2O7P/c1-5-34-24(31)13-28-37(33,29-14-25(32)35-6-2)15-36-18-11-21(26)20(22(27)12-18)10-17-7-8-23(30)19(9-17)16(3)4/h7-9,11-12,16,30H,5-6,10,13-15H2,1-4H3,(H2,28,29,33). The number of nitrogens with one attached hydrogen (secondary N) is 2. The van der Waals surface area contributed by atoms with Crippen LogP contribution in [0.3, 0.4) is 0 Å². The lowest BCUT2D eigenvalue weighted by molar-refractivity contribution is -0.142. The van der Waals surface area contributed by atoms with Crippen molar-refractivity contribution in [1.82, 2.24) is 10.2 Å². The fourth-order valence-corrected chi connectivity index (χ4v) is 6.15. The van der Waals surface area contributed by atoms with Gasteiger partial charge in [-0.25, -0.2) is 10.2 Å². The molecule has 12 heteroatoms. The fourth-order valence-electron chi connectivity index (χ4n) is 3.33. The number of rotatable bonds is 14. The maximum Gasteiger partial charge on any atom is 0.320 e. The summed E-state index contributed by atoms with van der Waals surface area (Å²) in [5.74, 6) is -0.269. The molecule has 0 radical (unpaired) electrons. The van der Waals surface area contributed by atoms with Crippen molar-refractivity contribution in [3.8, 4) is 11.5 Å². The van der Waals surface area contributed by atoms with Gasteiger partial charge in [-0.3, -0.25) is 14.2 Å². The van der Waals surface area contributed by atoms with Crippen molar-refractivity contribution < 1.29 is 33.5 Å². The number of phenolic OH excluding ortho intramolecular Hbond substituents is 1. The average Bonchev–Trinajstić information content (AvgIpc) is 2.84. The van der Waals surface area contributed by atoms with Crippen molar-refractivity contribution in [2.24, 2.45) is 0 Å². The van der Waals surface area contributed by atoms with Crippen molar-refractivity contribution in [3.63, 3.8) is 0 Å². The molecule has 0 aliphatic rings. The van der Waals surface area contributed by atoms with Gasteiger partial charge in [0.05, 0.1) is 13.2 Å². The summed E-state index contributed by atoms with van der Waals surface area (Å²) in [6.45, 7) is 7.14. The smallest absolute Gasteiger partial charge is 0.320 e. The molecule has 0 unspecified atom stereocenters. The molecule has 2 rings (SSSR count). The van der Waals surface area contributed by atoms with E-state index in [1.807, 2.05) is 26.0 Å². The van der Waals surface area contributed by atoms with Gasteiger partial charge in [0.25, 0.3) is 0 Å². The molecular weight excluding hydrogens is 631 g/mol. The van der Waals surface area contributed by atoms with E-state index in [1.165, 1.54) is 0 Å². The maximum atomic E-state index is 13.4. The van der Waals surface area contributed by atoms with Crippen LogP contribution in [0.1, 0.15) is 50.3 Å². The second kappa shape index (κ2) is 14.9. The molecule has 0 aliphatic heterocycles.